The molecule has 6 rings (SSSR count). The number of aryl methyl sites for hydroxylation is 3. The van der Waals surface area contributed by atoms with Gasteiger partial charge in [-0.2, -0.15) is 0 Å². The lowest BCUT2D eigenvalue weighted by atomic mass is 9.91. The molecule has 0 saturated carbocycles. The predicted molar refractivity (Wildman–Crippen MR) is 163 cm³/mol. The van der Waals surface area contributed by atoms with Crippen LogP contribution in [0.4, 0.5) is 17.1 Å². The topological polar surface area (TPSA) is 3.24 Å². The van der Waals surface area contributed by atoms with Crippen LogP contribution in [0.25, 0.3) is 23.3 Å². The molecule has 0 spiro atoms. The third kappa shape index (κ3) is 5.33. The third-order valence-electron chi connectivity index (χ3n) is 7.52. The van der Waals surface area contributed by atoms with Crippen LogP contribution < -0.4 is 4.90 Å². The van der Waals surface area contributed by atoms with Gasteiger partial charge in [0.15, 0.2) is 0 Å². The Balaban J connectivity index is 1.34. The van der Waals surface area contributed by atoms with Crippen molar-refractivity contribution >= 4 is 29.2 Å². The molecule has 0 bridgehead atoms. The van der Waals surface area contributed by atoms with E-state index in [1.54, 1.807) is 0 Å². The zero-order valence-corrected chi connectivity index (χ0v) is 22.0. The lowest BCUT2D eigenvalue weighted by molar-refractivity contribution is 0.685. The molecular formula is C37H33N. The summed E-state index contributed by atoms with van der Waals surface area (Å²) in [5.74, 6) is 0. The molecule has 0 N–H and O–H groups in total. The van der Waals surface area contributed by atoms with Crippen LogP contribution >= 0.6 is 0 Å². The van der Waals surface area contributed by atoms with E-state index >= 15 is 0 Å². The molecule has 1 heteroatoms. The highest BCUT2D eigenvalue weighted by molar-refractivity contribution is 5.80. The average Bonchev–Trinajstić information content (AvgIpc) is 2.98. The molecule has 1 aliphatic rings. The normalized spacial score (nSPS) is 12.9. The van der Waals surface area contributed by atoms with E-state index in [-0.39, 0.29) is 0 Å². The maximum absolute atomic E-state index is 2.41. The molecule has 0 saturated heterocycles. The Hall–Kier alpha value is -4.36. The van der Waals surface area contributed by atoms with Gasteiger partial charge in [0, 0.05) is 17.1 Å². The van der Waals surface area contributed by atoms with Gasteiger partial charge in [0.2, 0.25) is 0 Å². The van der Waals surface area contributed by atoms with Crippen LogP contribution in [-0.2, 0) is 12.8 Å². The molecule has 0 atom stereocenters. The van der Waals surface area contributed by atoms with Crippen LogP contribution in [0.2, 0.25) is 0 Å². The highest BCUT2D eigenvalue weighted by atomic mass is 15.1. The third-order valence-corrected chi connectivity index (χ3v) is 7.52. The molecule has 0 unspecified atom stereocenters. The first-order valence-electron chi connectivity index (χ1n) is 13.7. The van der Waals surface area contributed by atoms with Gasteiger partial charge in [-0.05, 0) is 102 Å². The molecule has 5 aromatic rings. The Kier molecular flexibility index (Phi) is 6.91. The Bertz CT molecular complexity index is 1530. The van der Waals surface area contributed by atoms with Crippen molar-refractivity contribution in [1.29, 1.82) is 0 Å². The van der Waals surface area contributed by atoms with E-state index in [0.717, 1.165) is 0 Å². The molecule has 0 heterocycles. The summed E-state index contributed by atoms with van der Waals surface area (Å²) in [6, 6.07) is 44.1. The first-order valence-corrected chi connectivity index (χ1v) is 13.7. The monoisotopic (exact) mass is 491 g/mol. The second-order valence-electron chi connectivity index (χ2n) is 10.2. The van der Waals surface area contributed by atoms with Gasteiger partial charge in [-0.3, -0.25) is 0 Å². The summed E-state index contributed by atoms with van der Waals surface area (Å²) < 4.78 is 0. The Morgan fingerprint density at radius 1 is 0.500 bits per heavy atom. The fourth-order valence-corrected chi connectivity index (χ4v) is 5.34. The fraction of sp³-hybridized carbons (Fsp3) is 0.135. The van der Waals surface area contributed by atoms with Gasteiger partial charge in [0.25, 0.3) is 0 Å². The summed E-state index contributed by atoms with van der Waals surface area (Å²) in [7, 11) is 0. The maximum Gasteiger partial charge on any atom is 0.0464 e. The number of anilines is 3. The average molecular weight is 492 g/mol. The summed E-state index contributed by atoms with van der Waals surface area (Å²) in [4.78, 5) is 2.39. The molecule has 0 radical (unpaired) electrons. The molecular weight excluding hydrogens is 458 g/mol. The van der Waals surface area contributed by atoms with Gasteiger partial charge in [-0.25, -0.2) is 0 Å². The number of nitrogens with zero attached hydrogens (tertiary/aromatic N) is 1. The van der Waals surface area contributed by atoms with Crippen molar-refractivity contribution < 1.29 is 0 Å². The SMILES string of the molecule is Cc1ccc(C=Cc2ccc(N(c3ccc(-c4ccccc4)cc3)c3ccc4c(c3)CCCC4)cc2)cc1. The minimum atomic E-state index is 1.17. The van der Waals surface area contributed by atoms with Crippen molar-refractivity contribution in [3.05, 3.63) is 149 Å². The van der Waals surface area contributed by atoms with E-state index in [2.05, 4.69) is 145 Å². The quantitative estimate of drug-likeness (QED) is 0.214. The van der Waals surface area contributed by atoms with Gasteiger partial charge in [0.1, 0.15) is 0 Å². The Morgan fingerprint density at radius 3 is 1.68 bits per heavy atom. The Morgan fingerprint density at radius 2 is 1.03 bits per heavy atom. The van der Waals surface area contributed by atoms with E-state index < -0.39 is 0 Å². The summed E-state index contributed by atoms with van der Waals surface area (Å²) >= 11 is 0. The molecule has 0 fully saturated rings. The van der Waals surface area contributed by atoms with Crippen molar-refractivity contribution in [2.45, 2.75) is 32.6 Å². The number of fused-ring (bicyclic) bond motifs is 1. The van der Waals surface area contributed by atoms with Gasteiger partial charge in [0.05, 0.1) is 0 Å². The number of rotatable bonds is 6. The molecule has 0 amide bonds. The summed E-state index contributed by atoms with van der Waals surface area (Å²) in [5, 5.41) is 0. The van der Waals surface area contributed by atoms with E-state index in [9.17, 15) is 0 Å². The van der Waals surface area contributed by atoms with Crippen LogP contribution in [0.15, 0.2) is 121 Å². The van der Waals surface area contributed by atoms with Crippen molar-refractivity contribution in [1.82, 2.24) is 0 Å². The van der Waals surface area contributed by atoms with Crippen molar-refractivity contribution in [3.63, 3.8) is 0 Å². The molecule has 0 aliphatic heterocycles. The molecule has 38 heavy (non-hydrogen) atoms. The molecule has 1 nitrogen and oxygen atoms in total. The lowest BCUT2D eigenvalue weighted by Crippen LogP contribution is -2.12. The van der Waals surface area contributed by atoms with Crippen LogP contribution in [0.1, 0.15) is 40.7 Å². The smallest absolute Gasteiger partial charge is 0.0464 e. The molecule has 5 aromatic carbocycles. The van der Waals surface area contributed by atoms with Crippen molar-refractivity contribution in [3.8, 4) is 11.1 Å². The van der Waals surface area contributed by atoms with E-state index in [1.165, 1.54) is 81.7 Å². The molecule has 0 aromatic heterocycles. The second kappa shape index (κ2) is 10.9. The van der Waals surface area contributed by atoms with Crippen LogP contribution in [0.3, 0.4) is 0 Å². The standard InChI is InChI=1S/C37H33N/c1-28-11-13-29(14-12-28)15-16-30-17-22-35(23-18-30)38(37-26-21-32-9-5-6-10-34(32)27-37)36-24-19-33(20-25-36)31-7-3-2-4-8-31/h2-4,7-8,11-27H,5-6,9-10H2,1H3. The van der Waals surface area contributed by atoms with Gasteiger partial charge in [-0.15, -0.1) is 0 Å². The number of hydrogen-bond acceptors (Lipinski definition) is 1. The fourth-order valence-electron chi connectivity index (χ4n) is 5.34. The molecule has 1 aliphatic carbocycles. The van der Waals surface area contributed by atoms with Crippen LogP contribution in [-0.4, -0.2) is 0 Å². The summed E-state index contributed by atoms with van der Waals surface area (Å²) in [6.07, 6.45) is 9.32. The highest BCUT2D eigenvalue weighted by Gasteiger charge is 2.16. The summed E-state index contributed by atoms with van der Waals surface area (Å²) in [5.41, 5.74) is 12.7. The predicted octanol–water partition coefficient (Wildman–Crippen LogP) is 10.2. The van der Waals surface area contributed by atoms with Gasteiger partial charge in [-0.1, -0.05) is 103 Å². The zero-order valence-electron chi connectivity index (χ0n) is 22.0. The van der Waals surface area contributed by atoms with Crippen molar-refractivity contribution in [2.24, 2.45) is 0 Å². The molecule has 186 valence electrons. The number of benzene rings is 5. The van der Waals surface area contributed by atoms with E-state index in [1.807, 2.05) is 0 Å². The van der Waals surface area contributed by atoms with Crippen LogP contribution in [0, 0.1) is 6.92 Å². The number of hydrogen-bond donors (Lipinski definition) is 0. The lowest BCUT2D eigenvalue weighted by Gasteiger charge is -2.27. The first-order chi connectivity index (χ1) is 18.7. The van der Waals surface area contributed by atoms with Crippen LogP contribution in [0.5, 0.6) is 0 Å². The van der Waals surface area contributed by atoms with Gasteiger partial charge >= 0.3 is 0 Å². The highest BCUT2D eigenvalue weighted by Crippen LogP contribution is 2.37. The Labute approximate surface area is 226 Å². The minimum absolute atomic E-state index is 1.17. The van der Waals surface area contributed by atoms with E-state index in [0.29, 0.717) is 0 Å². The first kappa shape index (κ1) is 24.0. The minimum Gasteiger partial charge on any atom is -0.310 e. The summed E-state index contributed by atoms with van der Waals surface area (Å²) in [6.45, 7) is 2.12. The maximum atomic E-state index is 2.41. The van der Waals surface area contributed by atoms with E-state index in [4.69, 9.17) is 0 Å². The zero-order chi connectivity index (χ0) is 25.7. The largest absolute Gasteiger partial charge is 0.310 e. The second-order valence-corrected chi connectivity index (χ2v) is 10.2. The van der Waals surface area contributed by atoms with Gasteiger partial charge < -0.3 is 4.90 Å². The van der Waals surface area contributed by atoms with Crippen molar-refractivity contribution in [2.75, 3.05) is 4.90 Å².